The number of carboxylic acid groups (broad SMARTS) is 1. The third-order valence-electron chi connectivity index (χ3n) is 3.89. The van der Waals surface area contributed by atoms with E-state index in [0.717, 1.165) is 0 Å². The van der Waals surface area contributed by atoms with Gasteiger partial charge in [-0.25, -0.2) is 13.2 Å². The van der Waals surface area contributed by atoms with Crippen molar-refractivity contribution in [3.8, 4) is 0 Å². The molecule has 122 valence electrons. The monoisotopic (exact) mass is 391 g/mol. The van der Waals surface area contributed by atoms with Crippen molar-refractivity contribution < 1.29 is 23.1 Å². The van der Waals surface area contributed by atoms with Crippen LogP contribution in [0.1, 0.15) is 23.7 Å². The number of carboxylic acids is 1. The number of carbonyl (C=O) groups is 1. The first-order chi connectivity index (χ1) is 10.3. The Hall–Kier alpha value is -0.960. The van der Waals surface area contributed by atoms with Gasteiger partial charge in [0.2, 0.25) is 10.0 Å². The van der Waals surface area contributed by atoms with Crippen LogP contribution in [0.3, 0.4) is 0 Å². The highest BCUT2D eigenvalue weighted by molar-refractivity contribution is 9.10. The fourth-order valence-electron chi connectivity index (χ4n) is 2.64. The van der Waals surface area contributed by atoms with E-state index < -0.39 is 16.0 Å². The third-order valence-corrected chi connectivity index (χ3v) is 6.73. The summed E-state index contributed by atoms with van der Waals surface area (Å²) in [6.45, 7) is 2.73. The summed E-state index contributed by atoms with van der Waals surface area (Å²) in [4.78, 5) is 11.0. The quantitative estimate of drug-likeness (QED) is 0.850. The Morgan fingerprint density at radius 2 is 2.14 bits per heavy atom. The zero-order valence-corrected chi connectivity index (χ0v) is 14.7. The predicted octanol–water partition coefficient (Wildman–Crippen LogP) is 2.19. The molecule has 1 N–H and O–H groups in total. The summed E-state index contributed by atoms with van der Waals surface area (Å²) in [5, 5.41) is 8.95. The highest BCUT2D eigenvalue weighted by Gasteiger charge is 2.34. The molecule has 0 bridgehead atoms. The van der Waals surface area contributed by atoms with E-state index in [4.69, 9.17) is 9.84 Å². The topological polar surface area (TPSA) is 83.9 Å². The molecule has 2 rings (SSSR count). The number of nitrogens with zero attached hydrogens (tertiary/aromatic N) is 1. The molecule has 2 unspecified atom stereocenters. The van der Waals surface area contributed by atoms with Crippen LogP contribution in [0, 0.1) is 5.92 Å². The number of sulfonamides is 1. The zero-order chi connectivity index (χ0) is 16.5. The molecule has 22 heavy (non-hydrogen) atoms. The second-order valence-electron chi connectivity index (χ2n) is 5.35. The van der Waals surface area contributed by atoms with Crippen molar-refractivity contribution in [2.24, 2.45) is 5.92 Å². The molecule has 0 spiro atoms. The Balaban J connectivity index is 2.30. The summed E-state index contributed by atoms with van der Waals surface area (Å²) in [7, 11) is -2.03. The van der Waals surface area contributed by atoms with Crippen LogP contribution in [0.2, 0.25) is 0 Å². The molecule has 0 saturated carbocycles. The van der Waals surface area contributed by atoms with Gasteiger partial charge in [-0.2, -0.15) is 4.31 Å². The maximum Gasteiger partial charge on any atom is 0.335 e. The van der Waals surface area contributed by atoms with Crippen LogP contribution in [-0.4, -0.2) is 50.1 Å². The number of ether oxygens (including phenoxy) is 1. The third kappa shape index (κ3) is 3.34. The molecule has 1 aliphatic rings. The van der Waals surface area contributed by atoms with Crippen molar-refractivity contribution in [2.45, 2.75) is 24.3 Å². The Morgan fingerprint density at radius 1 is 1.45 bits per heavy atom. The van der Waals surface area contributed by atoms with Gasteiger partial charge in [0.15, 0.2) is 0 Å². The molecular weight excluding hydrogens is 374 g/mol. The lowest BCUT2D eigenvalue weighted by Gasteiger charge is -2.35. The molecule has 0 aromatic heterocycles. The second kappa shape index (κ2) is 6.66. The average molecular weight is 392 g/mol. The summed E-state index contributed by atoms with van der Waals surface area (Å²) < 4.78 is 32.5. The summed E-state index contributed by atoms with van der Waals surface area (Å²) in [5.41, 5.74) is 0.0392. The van der Waals surface area contributed by atoms with Gasteiger partial charge in [-0.1, -0.05) is 6.92 Å². The summed E-state index contributed by atoms with van der Waals surface area (Å²) in [5.74, 6) is -0.996. The van der Waals surface area contributed by atoms with E-state index in [2.05, 4.69) is 15.9 Å². The highest BCUT2D eigenvalue weighted by Crippen LogP contribution is 2.30. The van der Waals surface area contributed by atoms with E-state index >= 15 is 0 Å². The van der Waals surface area contributed by atoms with Crippen LogP contribution in [0.4, 0.5) is 0 Å². The van der Waals surface area contributed by atoms with Gasteiger partial charge in [0.1, 0.15) is 0 Å². The number of hydrogen-bond acceptors (Lipinski definition) is 4. The van der Waals surface area contributed by atoms with Crippen molar-refractivity contribution in [3.05, 3.63) is 28.2 Å². The molecule has 1 heterocycles. The molecule has 1 saturated heterocycles. The van der Waals surface area contributed by atoms with E-state index in [0.29, 0.717) is 19.5 Å². The minimum absolute atomic E-state index is 0.0392. The second-order valence-corrected chi connectivity index (χ2v) is 8.11. The number of halogens is 1. The maximum atomic E-state index is 12.7. The summed E-state index contributed by atoms with van der Waals surface area (Å²) in [6, 6.07) is 3.93. The van der Waals surface area contributed by atoms with Gasteiger partial charge < -0.3 is 9.84 Å². The Kier molecular flexibility index (Phi) is 5.26. The maximum absolute atomic E-state index is 12.7. The Labute approximate surface area is 138 Å². The van der Waals surface area contributed by atoms with Crippen LogP contribution in [-0.2, 0) is 14.8 Å². The molecule has 1 fully saturated rings. The van der Waals surface area contributed by atoms with Crippen molar-refractivity contribution >= 4 is 31.9 Å². The van der Waals surface area contributed by atoms with Crippen LogP contribution in [0.25, 0.3) is 0 Å². The van der Waals surface area contributed by atoms with Gasteiger partial charge in [0.05, 0.1) is 16.6 Å². The molecule has 0 amide bonds. The van der Waals surface area contributed by atoms with Gasteiger partial charge in [-0.05, 0) is 46.5 Å². The number of rotatable bonds is 4. The van der Waals surface area contributed by atoms with E-state index in [-0.39, 0.29) is 27.0 Å². The first-order valence-corrected chi connectivity index (χ1v) is 9.06. The smallest absolute Gasteiger partial charge is 0.335 e. The lowest BCUT2D eigenvalue weighted by atomic mass is 9.98. The van der Waals surface area contributed by atoms with Gasteiger partial charge in [0, 0.05) is 24.7 Å². The molecule has 6 nitrogen and oxygen atoms in total. The Bertz CT molecular complexity index is 676. The predicted molar refractivity (Wildman–Crippen MR) is 84.4 cm³/mol. The van der Waals surface area contributed by atoms with E-state index in [9.17, 15) is 13.2 Å². The largest absolute Gasteiger partial charge is 0.478 e. The number of methoxy groups -OCH3 is 1. The standard InChI is InChI=1S/C14H18BrNO5S/c1-9-8-16(6-5-12(9)21-2)22(19,20)13-4-3-10(14(17)18)7-11(13)15/h3-4,7,9,12H,5-6,8H2,1-2H3,(H,17,18). The first-order valence-electron chi connectivity index (χ1n) is 6.83. The molecule has 0 radical (unpaired) electrons. The zero-order valence-electron chi connectivity index (χ0n) is 12.3. The molecule has 1 aromatic rings. The fraction of sp³-hybridized carbons (Fsp3) is 0.500. The fourth-order valence-corrected chi connectivity index (χ4v) is 5.23. The van der Waals surface area contributed by atoms with Crippen LogP contribution >= 0.6 is 15.9 Å². The summed E-state index contributed by atoms with van der Waals surface area (Å²) in [6.07, 6.45) is 0.700. The minimum Gasteiger partial charge on any atom is -0.478 e. The van der Waals surface area contributed by atoms with Crippen molar-refractivity contribution in [3.63, 3.8) is 0 Å². The first kappa shape index (κ1) is 17.4. The van der Waals surface area contributed by atoms with Crippen LogP contribution < -0.4 is 0 Å². The number of benzene rings is 1. The highest BCUT2D eigenvalue weighted by atomic mass is 79.9. The lowest BCUT2D eigenvalue weighted by Crippen LogP contribution is -2.45. The Morgan fingerprint density at radius 3 is 2.64 bits per heavy atom. The van der Waals surface area contributed by atoms with E-state index in [1.807, 2.05) is 6.92 Å². The van der Waals surface area contributed by atoms with Gasteiger partial charge in [-0.3, -0.25) is 0 Å². The van der Waals surface area contributed by atoms with Gasteiger partial charge in [0.25, 0.3) is 0 Å². The number of aromatic carboxylic acids is 1. The molecular formula is C14H18BrNO5S. The molecule has 1 aromatic carbocycles. The molecule has 2 atom stereocenters. The number of piperidine rings is 1. The lowest BCUT2D eigenvalue weighted by molar-refractivity contribution is 0.0201. The minimum atomic E-state index is -3.66. The number of hydrogen-bond donors (Lipinski definition) is 1. The van der Waals surface area contributed by atoms with Crippen molar-refractivity contribution in [1.29, 1.82) is 0 Å². The van der Waals surface area contributed by atoms with Gasteiger partial charge in [-0.15, -0.1) is 0 Å². The molecule has 0 aliphatic carbocycles. The molecule has 8 heteroatoms. The van der Waals surface area contributed by atoms with Gasteiger partial charge >= 0.3 is 5.97 Å². The van der Waals surface area contributed by atoms with Crippen LogP contribution in [0.5, 0.6) is 0 Å². The average Bonchev–Trinajstić information content (AvgIpc) is 2.46. The van der Waals surface area contributed by atoms with Crippen molar-refractivity contribution in [2.75, 3.05) is 20.2 Å². The van der Waals surface area contributed by atoms with E-state index in [1.54, 1.807) is 7.11 Å². The van der Waals surface area contributed by atoms with E-state index in [1.165, 1.54) is 22.5 Å². The normalized spacial score (nSPS) is 23.4. The summed E-state index contributed by atoms with van der Waals surface area (Å²) >= 11 is 3.16. The van der Waals surface area contributed by atoms with Crippen molar-refractivity contribution in [1.82, 2.24) is 4.31 Å². The molecule has 1 aliphatic heterocycles. The SMILES string of the molecule is COC1CCN(S(=O)(=O)c2ccc(C(=O)O)cc2Br)CC1C. The van der Waals surface area contributed by atoms with Crippen LogP contribution in [0.15, 0.2) is 27.6 Å².